The molecule has 6 rings (SSSR count). The Balaban J connectivity index is 1.42. The number of halogens is 1. The predicted molar refractivity (Wildman–Crippen MR) is 168 cm³/mol. The summed E-state index contributed by atoms with van der Waals surface area (Å²) in [6.07, 6.45) is 0. The molecule has 11 heteroatoms. The maximum atomic E-state index is 14.0. The first-order valence-corrected chi connectivity index (χ1v) is 15.4. The zero-order valence-electron chi connectivity index (χ0n) is 23.0. The number of nitrogens with one attached hydrogen (secondary N) is 1. The molecule has 0 spiro atoms. The van der Waals surface area contributed by atoms with Gasteiger partial charge in [0.05, 0.1) is 16.6 Å². The molecule has 0 saturated carbocycles. The monoisotopic (exact) mass is 618 g/mol. The van der Waals surface area contributed by atoms with Gasteiger partial charge in [0.2, 0.25) is 17.7 Å². The second kappa shape index (κ2) is 11.1. The highest BCUT2D eigenvalue weighted by atomic mass is 35.5. The molecular formula is C31H27ClN4O4S2. The zero-order valence-corrected chi connectivity index (χ0v) is 25.4. The number of hydrogen-bond acceptors (Lipinski definition) is 7. The number of aryl methyl sites for hydroxylation is 1. The number of carbonyl (C=O) groups is 3. The maximum Gasteiger partial charge on any atom is 0.308 e. The summed E-state index contributed by atoms with van der Waals surface area (Å²) >= 11 is 8.29. The highest BCUT2D eigenvalue weighted by Crippen LogP contribution is 2.54. The van der Waals surface area contributed by atoms with Crippen LogP contribution in [0.25, 0.3) is 0 Å². The Labute approximate surface area is 255 Å². The van der Waals surface area contributed by atoms with Crippen molar-refractivity contribution in [2.75, 3.05) is 29.2 Å². The number of thiazole rings is 1. The molecule has 214 valence electrons. The molecule has 3 atom stereocenters. The molecule has 1 N–H and O–H groups in total. The van der Waals surface area contributed by atoms with Crippen molar-refractivity contribution < 1.29 is 14.4 Å². The Bertz CT molecular complexity index is 1760. The van der Waals surface area contributed by atoms with Crippen LogP contribution < -0.4 is 20.0 Å². The van der Waals surface area contributed by atoms with Crippen LogP contribution >= 0.6 is 34.7 Å². The van der Waals surface area contributed by atoms with Crippen molar-refractivity contribution in [1.29, 1.82) is 0 Å². The van der Waals surface area contributed by atoms with Crippen molar-refractivity contribution in [3.8, 4) is 0 Å². The van der Waals surface area contributed by atoms with E-state index in [1.54, 1.807) is 30.3 Å². The first kappa shape index (κ1) is 28.3. The van der Waals surface area contributed by atoms with Gasteiger partial charge in [-0.2, -0.15) is 0 Å². The summed E-state index contributed by atoms with van der Waals surface area (Å²) in [6, 6.07) is 21.8. The summed E-state index contributed by atoms with van der Waals surface area (Å²) in [5, 5.41) is 3.17. The van der Waals surface area contributed by atoms with Crippen LogP contribution in [0, 0.1) is 12.8 Å². The number of fused-ring (bicyclic) bond motifs is 2. The van der Waals surface area contributed by atoms with Gasteiger partial charge in [0.15, 0.2) is 0 Å². The highest BCUT2D eigenvalue weighted by Gasteiger charge is 2.56. The van der Waals surface area contributed by atoms with E-state index in [0.717, 1.165) is 28.2 Å². The molecule has 0 aliphatic carbocycles. The van der Waals surface area contributed by atoms with Crippen LogP contribution in [0.5, 0.6) is 0 Å². The van der Waals surface area contributed by atoms with E-state index in [-0.39, 0.29) is 29.1 Å². The molecule has 1 fully saturated rings. The lowest BCUT2D eigenvalue weighted by atomic mass is 9.83. The first-order valence-electron chi connectivity index (χ1n) is 13.3. The molecule has 8 nitrogen and oxygen atoms in total. The number of nitrogens with zero attached hydrogens (tertiary/aromatic N) is 3. The van der Waals surface area contributed by atoms with Gasteiger partial charge < -0.3 is 10.2 Å². The molecule has 4 aromatic rings. The molecule has 3 amide bonds. The van der Waals surface area contributed by atoms with Gasteiger partial charge in [-0.15, -0.1) is 0 Å². The average molecular weight is 619 g/mol. The molecule has 1 aromatic heterocycles. The van der Waals surface area contributed by atoms with Crippen LogP contribution in [0.1, 0.15) is 21.9 Å². The van der Waals surface area contributed by atoms with Gasteiger partial charge in [0.25, 0.3) is 0 Å². The fourth-order valence-corrected chi connectivity index (χ4v) is 8.38. The van der Waals surface area contributed by atoms with Gasteiger partial charge >= 0.3 is 4.87 Å². The standard InChI is InChI=1S/C31H27ClN4O4S2/c1-17-6-4-5-7-22(17)33-23(37)16-35-30-27(42-31(35)40)24(18-8-12-20(13-9-18)34(2)3)25-26(41-30)29(39)36(28(25)38)21-14-10-19(32)11-15-21/h4-15,24-26H,16H2,1-3H3,(H,33,37). The number of carbonyl (C=O) groups excluding carboxylic acids is 3. The van der Waals surface area contributed by atoms with Crippen molar-refractivity contribution in [3.05, 3.63) is 103 Å². The Hall–Kier alpha value is -3.86. The summed E-state index contributed by atoms with van der Waals surface area (Å²) in [5.74, 6) is -2.28. The third-order valence-electron chi connectivity index (χ3n) is 7.62. The first-order chi connectivity index (χ1) is 20.1. The largest absolute Gasteiger partial charge is 0.378 e. The third kappa shape index (κ3) is 4.93. The van der Waals surface area contributed by atoms with E-state index >= 15 is 0 Å². The minimum absolute atomic E-state index is 0.210. The number of aromatic nitrogens is 1. The van der Waals surface area contributed by atoms with Crippen molar-refractivity contribution in [3.63, 3.8) is 0 Å². The quantitative estimate of drug-likeness (QED) is 0.292. The van der Waals surface area contributed by atoms with Gasteiger partial charge in [-0.1, -0.05) is 65.0 Å². The Morgan fingerprint density at radius 2 is 1.64 bits per heavy atom. The van der Waals surface area contributed by atoms with E-state index in [2.05, 4.69) is 5.32 Å². The van der Waals surface area contributed by atoms with Gasteiger partial charge in [0.1, 0.15) is 11.8 Å². The Kier molecular flexibility index (Phi) is 7.46. The predicted octanol–water partition coefficient (Wildman–Crippen LogP) is 5.37. The molecule has 0 radical (unpaired) electrons. The molecule has 3 heterocycles. The zero-order chi connectivity index (χ0) is 29.7. The van der Waals surface area contributed by atoms with E-state index < -0.39 is 17.1 Å². The molecule has 1 saturated heterocycles. The number of imide groups is 1. The lowest BCUT2D eigenvalue weighted by Gasteiger charge is -2.31. The van der Waals surface area contributed by atoms with Gasteiger partial charge in [-0.05, 0) is 60.5 Å². The summed E-state index contributed by atoms with van der Waals surface area (Å²) in [7, 11) is 3.88. The minimum Gasteiger partial charge on any atom is -0.378 e. The summed E-state index contributed by atoms with van der Waals surface area (Å²) in [4.78, 5) is 57.9. The fraction of sp³-hybridized carbons (Fsp3) is 0.226. The second-order valence-electron chi connectivity index (χ2n) is 10.5. The number of amides is 3. The fourth-order valence-electron chi connectivity index (χ4n) is 5.49. The average Bonchev–Trinajstić information content (AvgIpc) is 3.41. The third-order valence-corrected chi connectivity index (χ3v) is 10.5. The maximum absolute atomic E-state index is 14.0. The molecule has 2 aliphatic rings. The smallest absolute Gasteiger partial charge is 0.308 e. The number of rotatable bonds is 6. The van der Waals surface area contributed by atoms with Crippen LogP contribution in [-0.4, -0.2) is 41.6 Å². The number of benzene rings is 3. The molecule has 0 bridgehead atoms. The van der Waals surface area contributed by atoms with Crippen molar-refractivity contribution in [2.24, 2.45) is 5.92 Å². The van der Waals surface area contributed by atoms with Crippen LogP contribution in [0.4, 0.5) is 17.1 Å². The number of para-hydroxylation sites is 1. The van der Waals surface area contributed by atoms with Crippen LogP contribution in [0.2, 0.25) is 5.02 Å². The van der Waals surface area contributed by atoms with Crippen LogP contribution in [0.15, 0.2) is 82.6 Å². The second-order valence-corrected chi connectivity index (χ2v) is 13.1. The summed E-state index contributed by atoms with van der Waals surface area (Å²) in [5.41, 5.74) is 3.83. The van der Waals surface area contributed by atoms with Crippen molar-refractivity contribution in [1.82, 2.24) is 4.57 Å². The van der Waals surface area contributed by atoms with Gasteiger partial charge in [-0.25, -0.2) is 4.90 Å². The lowest BCUT2D eigenvalue weighted by Crippen LogP contribution is -2.33. The Morgan fingerprint density at radius 3 is 2.31 bits per heavy atom. The van der Waals surface area contributed by atoms with E-state index in [0.29, 0.717) is 26.3 Å². The summed E-state index contributed by atoms with van der Waals surface area (Å²) in [6.45, 7) is 1.68. The molecule has 2 aliphatic heterocycles. The van der Waals surface area contributed by atoms with Gasteiger partial charge in [-0.3, -0.25) is 23.7 Å². The van der Waals surface area contributed by atoms with Gasteiger partial charge in [0, 0.05) is 41.3 Å². The van der Waals surface area contributed by atoms with Crippen molar-refractivity contribution in [2.45, 2.75) is 29.7 Å². The number of thioether (sulfide) groups is 1. The van der Waals surface area contributed by atoms with E-state index in [9.17, 15) is 19.2 Å². The van der Waals surface area contributed by atoms with E-state index in [1.807, 2.05) is 68.4 Å². The molecule has 42 heavy (non-hydrogen) atoms. The highest BCUT2D eigenvalue weighted by molar-refractivity contribution is 8.00. The Morgan fingerprint density at radius 1 is 0.952 bits per heavy atom. The SMILES string of the molecule is Cc1ccccc1NC(=O)Cn1c2c(sc1=O)C(c1ccc(N(C)C)cc1)C1C(=O)N(c3ccc(Cl)cc3)C(=O)C1S2. The number of anilines is 3. The van der Waals surface area contributed by atoms with Crippen molar-refractivity contribution >= 4 is 69.5 Å². The number of hydrogen-bond donors (Lipinski definition) is 1. The normalized spacial score (nSPS) is 19.4. The minimum atomic E-state index is -0.765. The molecular weight excluding hydrogens is 592 g/mol. The molecule has 3 unspecified atom stereocenters. The van der Waals surface area contributed by atoms with E-state index in [4.69, 9.17) is 11.6 Å². The summed E-state index contributed by atoms with van der Waals surface area (Å²) < 4.78 is 1.43. The topological polar surface area (TPSA) is 91.7 Å². The van der Waals surface area contributed by atoms with Crippen LogP contribution in [0.3, 0.4) is 0 Å². The molecule has 3 aromatic carbocycles. The van der Waals surface area contributed by atoms with E-state index in [1.165, 1.54) is 21.2 Å². The lowest BCUT2D eigenvalue weighted by molar-refractivity contribution is -0.122. The van der Waals surface area contributed by atoms with Crippen LogP contribution in [-0.2, 0) is 20.9 Å².